The van der Waals surface area contributed by atoms with Crippen LogP contribution in [0.15, 0.2) is 34.7 Å². The standard InChI is InChI=1S/C34H47FOS/c1-3-5-7-9-11-12-14-25-16-18-26(19-17-25)28-21-22-29-30-23-20-27(15-13-10-8-6-4-2)32(35)33(30)36-34(37)31(29)24-28/h20-26H,3-19H2,1-2H3. The van der Waals surface area contributed by atoms with Gasteiger partial charge in [0.25, 0.3) is 0 Å². The monoisotopic (exact) mass is 522 g/mol. The highest BCUT2D eigenvalue weighted by molar-refractivity contribution is 7.71. The van der Waals surface area contributed by atoms with E-state index in [1.807, 2.05) is 12.1 Å². The summed E-state index contributed by atoms with van der Waals surface area (Å²) in [5, 5.41) is 2.81. The first kappa shape index (κ1) is 28.3. The molecule has 1 aromatic heterocycles. The van der Waals surface area contributed by atoms with Crippen LogP contribution in [0.5, 0.6) is 0 Å². The first-order valence-corrected chi connectivity index (χ1v) is 15.7. The first-order chi connectivity index (χ1) is 18.1. The van der Waals surface area contributed by atoms with E-state index >= 15 is 4.39 Å². The van der Waals surface area contributed by atoms with Gasteiger partial charge in [0.1, 0.15) is 0 Å². The molecule has 37 heavy (non-hydrogen) atoms. The predicted molar refractivity (Wildman–Crippen MR) is 160 cm³/mol. The van der Waals surface area contributed by atoms with Crippen LogP contribution in [-0.4, -0.2) is 0 Å². The number of unbranched alkanes of at least 4 members (excludes halogenated alkanes) is 9. The van der Waals surface area contributed by atoms with Crippen LogP contribution in [0.1, 0.15) is 134 Å². The Kier molecular flexibility index (Phi) is 11.0. The summed E-state index contributed by atoms with van der Waals surface area (Å²) in [6.07, 6.45) is 21.6. The van der Waals surface area contributed by atoms with Crippen LogP contribution in [0.25, 0.3) is 21.7 Å². The van der Waals surface area contributed by atoms with Crippen molar-refractivity contribution in [2.24, 2.45) is 5.92 Å². The van der Waals surface area contributed by atoms with Gasteiger partial charge in [-0.2, -0.15) is 0 Å². The van der Waals surface area contributed by atoms with Crippen molar-refractivity contribution < 1.29 is 8.81 Å². The van der Waals surface area contributed by atoms with Gasteiger partial charge in [-0.25, -0.2) is 4.39 Å². The third-order valence-corrected chi connectivity index (χ3v) is 9.06. The molecule has 0 unspecified atom stereocenters. The molecule has 1 aliphatic rings. The third-order valence-electron chi connectivity index (χ3n) is 8.76. The van der Waals surface area contributed by atoms with Gasteiger partial charge in [-0.05, 0) is 85.2 Å². The zero-order valence-electron chi connectivity index (χ0n) is 23.3. The molecule has 0 atom stereocenters. The molecule has 1 saturated carbocycles. The normalized spacial score (nSPS) is 18.1. The fourth-order valence-electron chi connectivity index (χ4n) is 6.39. The minimum Gasteiger partial charge on any atom is -0.441 e. The smallest absolute Gasteiger partial charge is 0.198 e. The van der Waals surface area contributed by atoms with Crippen molar-refractivity contribution in [2.45, 2.75) is 129 Å². The zero-order valence-corrected chi connectivity index (χ0v) is 24.1. The van der Waals surface area contributed by atoms with Gasteiger partial charge in [-0.15, -0.1) is 0 Å². The first-order valence-electron chi connectivity index (χ1n) is 15.3. The van der Waals surface area contributed by atoms with E-state index < -0.39 is 0 Å². The molecular weight excluding hydrogens is 475 g/mol. The fourth-order valence-corrected chi connectivity index (χ4v) is 6.64. The van der Waals surface area contributed by atoms with Crippen molar-refractivity contribution in [2.75, 3.05) is 0 Å². The lowest BCUT2D eigenvalue weighted by molar-refractivity contribution is 0.302. The molecule has 0 bridgehead atoms. The van der Waals surface area contributed by atoms with Crippen LogP contribution in [0.4, 0.5) is 4.39 Å². The second-order valence-electron chi connectivity index (χ2n) is 11.5. The van der Waals surface area contributed by atoms with Crippen molar-refractivity contribution in [3.63, 3.8) is 0 Å². The SMILES string of the molecule is CCCCCCCCC1CCC(c2ccc3c(c2)c(=S)oc2c(F)c(CCCCCCC)ccc23)CC1. The van der Waals surface area contributed by atoms with Gasteiger partial charge in [0.05, 0.1) is 0 Å². The molecule has 1 nitrogen and oxygen atoms in total. The number of aryl methyl sites for hydroxylation is 1. The Labute approximate surface area is 229 Å². The minimum absolute atomic E-state index is 0.228. The van der Waals surface area contributed by atoms with E-state index in [-0.39, 0.29) is 5.82 Å². The van der Waals surface area contributed by atoms with Gasteiger partial charge in [0.15, 0.2) is 16.1 Å². The molecule has 1 fully saturated rings. The molecule has 1 aliphatic carbocycles. The molecule has 3 heteroatoms. The topological polar surface area (TPSA) is 13.1 Å². The molecule has 1 heterocycles. The number of hydrogen-bond acceptors (Lipinski definition) is 2. The highest BCUT2D eigenvalue weighted by Crippen LogP contribution is 2.40. The van der Waals surface area contributed by atoms with E-state index in [1.54, 1.807) is 0 Å². The Balaban J connectivity index is 1.40. The second-order valence-corrected chi connectivity index (χ2v) is 11.9. The van der Waals surface area contributed by atoms with Crippen LogP contribution in [0.2, 0.25) is 0 Å². The lowest BCUT2D eigenvalue weighted by Crippen LogP contribution is -2.13. The molecule has 0 amide bonds. The highest BCUT2D eigenvalue weighted by atomic mass is 32.1. The fraction of sp³-hybridized carbons (Fsp3) is 0.618. The third kappa shape index (κ3) is 7.43. The van der Waals surface area contributed by atoms with Gasteiger partial charge < -0.3 is 4.42 Å². The summed E-state index contributed by atoms with van der Waals surface area (Å²) in [6, 6.07) is 10.6. The van der Waals surface area contributed by atoms with Crippen molar-refractivity contribution in [3.05, 3.63) is 52.0 Å². The zero-order chi connectivity index (χ0) is 26.0. The summed E-state index contributed by atoms with van der Waals surface area (Å²) in [6.45, 7) is 4.50. The molecule has 0 saturated heterocycles. The Morgan fingerprint density at radius 2 is 1.41 bits per heavy atom. The van der Waals surface area contributed by atoms with E-state index in [4.69, 9.17) is 16.6 Å². The van der Waals surface area contributed by atoms with E-state index in [2.05, 4.69) is 32.0 Å². The van der Waals surface area contributed by atoms with E-state index in [9.17, 15) is 0 Å². The maximum absolute atomic E-state index is 15.4. The van der Waals surface area contributed by atoms with Crippen LogP contribution < -0.4 is 0 Å². The van der Waals surface area contributed by atoms with Crippen LogP contribution in [-0.2, 0) is 6.42 Å². The van der Waals surface area contributed by atoms with Gasteiger partial charge in [0, 0.05) is 10.8 Å². The summed E-state index contributed by atoms with van der Waals surface area (Å²) in [5.74, 6) is 1.27. The van der Waals surface area contributed by atoms with Gasteiger partial charge >= 0.3 is 0 Å². The molecule has 202 valence electrons. The van der Waals surface area contributed by atoms with Crippen molar-refractivity contribution >= 4 is 34.0 Å². The van der Waals surface area contributed by atoms with Crippen LogP contribution >= 0.6 is 12.2 Å². The Bertz CT molecular complexity index is 1190. The molecule has 2 aromatic carbocycles. The number of benzene rings is 2. The quantitative estimate of drug-likeness (QED) is 0.119. The summed E-state index contributed by atoms with van der Waals surface area (Å²) in [4.78, 5) is 0. The lowest BCUT2D eigenvalue weighted by atomic mass is 9.76. The van der Waals surface area contributed by atoms with Gasteiger partial charge in [0.2, 0.25) is 0 Å². The molecule has 3 aromatic rings. The van der Waals surface area contributed by atoms with E-state index in [0.29, 0.717) is 16.2 Å². The maximum atomic E-state index is 15.4. The minimum atomic E-state index is -0.228. The Hall–Kier alpha value is -1.74. The molecule has 0 spiro atoms. The Morgan fingerprint density at radius 1 is 0.757 bits per heavy atom. The molecular formula is C34H47FOS. The molecule has 0 radical (unpaired) electrons. The maximum Gasteiger partial charge on any atom is 0.198 e. The largest absolute Gasteiger partial charge is 0.441 e. The number of fused-ring (bicyclic) bond motifs is 3. The average Bonchev–Trinajstić information content (AvgIpc) is 2.92. The molecule has 0 N–H and O–H groups in total. The van der Waals surface area contributed by atoms with Crippen molar-refractivity contribution in [1.29, 1.82) is 0 Å². The van der Waals surface area contributed by atoms with Gasteiger partial charge in [-0.3, -0.25) is 0 Å². The lowest BCUT2D eigenvalue weighted by Gasteiger charge is -2.29. The summed E-state index contributed by atoms with van der Waals surface area (Å²) in [7, 11) is 0. The number of halogens is 1. The molecule has 4 rings (SSSR count). The number of hydrogen-bond donors (Lipinski definition) is 0. The summed E-state index contributed by atoms with van der Waals surface area (Å²) < 4.78 is 21.8. The average molecular weight is 523 g/mol. The van der Waals surface area contributed by atoms with Crippen LogP contribution in [0.3, 0.4) is 0 Å². The van der Waals surface area contributed by atoms with E-state index in [0.717, 1.165) is 46.9 Å². The summed E-state index contributed by atoms with van der Waals surface area (Å²) in [5.41, 5.74) is 2.44. The highest BCUT2D eigenvalue weighted by Gasteiger charge is 2.23. The predicted octanol–water partition coefficient (Wildman–Crippen LogP) is 12.0. The second kappa shape index (κ2) is 14.4. The Morgan fingerprint density at radius 3 is 2.14 bits per heavy atom. The van der Waals surface area contributed by atoms with Crippen LogP contribution in [0, 0.1) is 16.4 Å². The molecule has 0 aliphatic heterocycles. The van der Waals surface area contributed by atoms with Crippen molar-refractivity contribution in [1.82, 2.24) is 0 Å². The summed E-state index contributed by atoms with van der Waals surface area (Å²) >= 11 is 5.65. The number of rotatable bonds is 14. The van der Waals surface area contributed by atoms with Crippen molar-refractivity contribution in [3.8, 4) is 0 Å². The van der Waals surface area contributed by atoms with E-state index in [1.165, 1.54) is 95.5 Å². The van der Waals surface area contributed by atoms with Gasteiger partial charge in [-0.1, -0.05) is 109 Å².